The number of para-hydroxylation sites is 2. The van der Waals surface area contributed by atoms with Crippen LogP contribution in [0.1, 0.15) is 34.5 Å². The van der Waals surface area contributed by atoms with Crippen LogP contribution in [0.3, 0.4) is 0 Å². The van der Waals surface area contributed by atoms with Crippen molar-refractivity contribution in [2.24, 2.45) is 0 Å². The molecule has 30 heavy (non-hydrogen) atoms. The first kappa shape index (κ1) is 20.7. The van der Waals surface area contributed by atoms with Gasteiger partial charge in [-0.1, -0.05) is 60.7 Å². The van der Waals surface area contributed by atoms with Gasteiger partial charge in [0.2, 0.25) is 5.91 Å². The zero-order chi connectivity index (χ0) is 21.5. The van der Waals surface area contributed by atoms with Crippen molar-refractivity contribution in [2.75, 3.05) is 5.32 Å². The molecule has 3 rings (SSSR count). The summed E-state index contributed by atoms with van der Waals surface area (Å²) in [5.74, 6) is -0.770. The van der Waals surface area contributed by atoms with Crippen LogP contribution >= 0.6 is 0 Å². The van der Waals surface area contributed by atoms with Crippen LogP contribution in [-0.2, 0) is 11.2 Å². The quantitative estimate of drug-likeness (QED) is 0.454. The summed E-state index contributed by atoms with van der Waals surface area (Å²) in [4.78, 5) is 35.9. The van der Waals surface area contributed by atoms with Crippen LogP contribution in [0.25, 0.3) is 0 Å². The lowest BCUT2D eigenvalue weighted by atomic mass is 10.1. The van der Waals surface area contributed by atoms with E-state index in [1.54, 1.807) is 36.4 Å². The summed E-state index contributed by atoms with van der Waals surface area (Å²) in [7, 11) is 0. The molecule has 0 bridgehead atoms. The van der Waals surface area contributed by atoms with Gasteiger partial charge in [0.25, 0.3) is 11.6 Å². The Hall–Kier alpha value is -4.00. The highest BCUT2D eigenvalue weighted by Crippen LogP contribution is 2.21. The fourth-order valence-corrected chi connectivity index (χ4v) is 3.10. The van der Waals surface area contributed by atoms with Gasteiger partial charge in [-0.3, -0.25) is 19.7 Å². The second-order valence-electron chi connectivity index (χ2n) is 6.76. The largest absolute Gasteiger partial charge is 0.345 e. The Morgan fingerprint density at radius 1 is 0.933 bits per heavy atom. The Morgan fingerprint density at radius 2 is 1.57 bits per heavy atom. The lowest BCUT2D eigenvalue weighted by Gasteiger charge is -2.16. The molecular weight excluding hydrogens is 382 g/mol. The summed E-state index contributed by atoms with van der Waals surface area (Å²) < 4.78 is 0. The zero-order valence-electron chi connectivity index (χ0n) is 16.4. The molecule has 0 heterocycles. The van der Waals surface area contributed by atoms with Crippen LogP contribution in [0.15, 0.2) is 78.9 Å². The first-order valence-corrected chi connectivity index (χ1v) is 9.42. The summed E-state index contributed by atoms with van der Waals surface area (Å²) in [6.45, 7) is 1.88. The van der Waals surface area contributed by atoms with Crippen LogP contribution < -0.4 is 10.6 Å². The highest BCUT2D eigenvalue weighted by Gasteiger charge is 2.18. The Bertz CT molecular complexity index is 1070. The van der Waals surface area contributed by atoms with E-state index in [1.165, 1.54) is 12.1 Å². The second-order valence-corrected chi connectivity index (χ2v) is 6.76. The standard InChI is InChI=1S/C23H21N3O4/c1-16(17-9-3-2-4-10-17)24-23(28)19-12-6-7-13-20(19)25-22(27)15-18-11-5-8-14-21(18)26(29)30/h2-14,16H,15H2,1H3,(H,24,28)(H,25,27)/t16-/m1/s1. The monoisotopic (exact) mass is 403 g/mol. The van der Waals surface area contributed by atoms with Crippen LogP contribution in [0.5, 0.6) is 0 Å². The number of rotatable bonds is 7. The zero-order valence-corrected chi connectivity index (χ0v) is 16.4. The molecule has 2 amide bonds. The van der Waals surface area contributed by atoms with Gasteiger partial charge in [0.1, 0.15) is 0 Å². The summed E-state index contributed by atoms with van der Waals surface area (Å²) in [6.07, 6.45) is -0.173. The van der Waals surface area contributed by atoms with Gasteiger partial charge < -0.3 is 10.6 Å². The summed E-state index contributed by atoms with van der Waals surface area (Å²) in [5.41, 5.74) is 1.81. The second kappa shape index (κ2) is 9.47. The number of hydrogen-bond donors (Lipinski definition) is 2. The van der Waals surface area contributed by atoms with Gasteiger partial charge in [-0.05, 0) is 24.6 Å². The highest BCUT2D eigenvalue weighted by molar-refractivity contribution is 6.04. The fraction of sp³-hybridized carbons (Fsp3) is 0.130. The minimum atomic E-state index is -0.519. The molecule has 7 nitrogen and oxygen atoms in total. The SMILES string of the molecule is C[C@@H](NC(=O)c1ccccc1NC(=O)Cc1ccccc1[N+](=O)[O-])c1ccccc1. The molecular formula is C23H21N3O4. The Kier molecular flexibility index (Phi) is 6.54. The number of hydrogen-bond acceptors (Lipinski definition) is 4. The molecule has 152 valence electrons. The Balaban J connectivity index is 1.73. The minimum absolute atomic E-state index is 0.115. The third kappa shape index (κ3) is 5.08. The van der Waals surface area contributed by atoms with Crippen LogP contribution in [0.2, 0.25) is 0 Å². The number of nitro benzene ring substituents is 1. The smallest absolute Gasteiger partial charge is 0.273 e. The molecule has 0 aromatic heterocycles. The van der Waals surface area contributed by atoms with Gasteiger partial charge >= 0.3 is 0 Å². The van der Waals surface area contributed by atoms with Crippen LogP contribution in [0, 0.1) is 10.1 Å². The van der Waals surface area contributed by atoms with Crippen molar-refractivity contribution in [3.8, 4) is 0 Å². The summed E-state index contributed by atoms with van der Waals surface area (Å²) >= 11 is 0. The fourth-order valence-electron chi connectivity index (χ4n) is 3.10. The first-order chi connectivity index (χ1) is 14.5. The minimum Gasteiger partial charge on any atom is -0.345 e. The third-order valence-electron chi connectivity index (χ3n) is 4.63. The molecule has 0 aliphatic carbocycles. The molecule has 7 heteroatoms. The average molecular weight is 403 g/mol. The predicted octanol–water partition coefficient (Wildman–Crippen LogP) is 4.27. The van der Waals surface area contributed by atoms with E-state index in [0.29, 0.717) is 16.8 Å². The van der Waals surface area contributed by atoms with E-state index in [0.717, 1.165) is 5.56 Å². The van der Waals surface area contributed by atoms with Crippen molar-refractivity contribution in [3.63, 3.8) is 0 Å². The molecule has 0 saturated heterocycles. The predicted molar refractivity (Wildman–Crippen MR) is 114 cm³/mol. The van der Waals surface area contributed by atoms with E-state index in [4.69, 9.17) is 0 Å². The highest BCUT2D eigenvalue weighted by atomic mass is 16.6. The number of nitro groups is 1. The van der Waals surface area contributed by atoms with Crippen molar-refractivity contribution >= 4 is 23.2 Å². The molecule has 2 N–H and O–H groups in total. The van der Waals surface area contributed by atoms with E-state index in [-0.39, 0.29) is 24.1 Å². The Labute approximate surface area is 173 Å². The van der Waals surface area contributed by atoms with E-state index in [1.807, 2.05) is 37.3 Å². The van der Waals surface area contributed by atoms with E-state index >= 15 is 0 Å². The van der Waals surface area contributed by atoms with Crippen molar-refractivity contribution in [2.45, 2.75) is 19.4 Å². The number of nitrogens with one attached hydrogen (secondary N) is 2. The molecule has 0 aliphatic heterocycles. The van der Waals surface area contributed by atoms with Gasteiger partial charge in [0.05, 0.1) is 28.6 Å². The van der Waals surface area contributed by atoms with Crippen molar-refractivity contribution in [1.82, 2.24) is 5.32 Å². The van der Waals surface area contributed by atoms with Gasteiger partial charge in [-0.25, -0.2) is 0 Å². The van der Waals surface area contributed by atoms with Crippen LogP contribution in [0.4, 0.5) is 11.4 Å². The molecule has 0 unspecified atom stereocenters. The van der Waals surface area contributed by atoms with Gasteiger partial charge in [0.15, 0.2) is 0 Å². The van der Waals surface area contributed by atoms with Crippen molar-refractivity contribution in [3.05, 3.63) is 106 Å². The van der Waals surface area contributed by atoms with E-state index in [2.05, 4.69) is 10.6 Å². The number of carbonyl (C=O) groups is 2. The molecule has 1 atom stereocenters. The molecule has 3 aromatic carbocycles. The maximum Gasteiger partial charge on any atom is 0.273 e. The molecule has 3 aromatic rings. The molecule has 0 radical (unpaired) electrons. The van der Waals surface area contributed by atoms with Gasteiger partial charge in [0, 0.05) is 11.6 Å². The maximum absolute atomic E-state index is 12.8. The maximum atomic E-state index is 12.8. The lowest BCUT2D eigenvalue weighted by molar-refractivity contribution is -0.385. The molecule has 0 spiro atoms. The van der Waals surface area contributed by atoms with Gasteiger partial charge in [-0.15, -0.1) is 0 Å². The van der Waals surface area contributed by atoms with Gasteiger partial charge in [-0.2, -0.15) is 0 Å². The van der Waals surface area contributed by atoms with Crippen molar-refractivity contribution in [1.29, 1.82) is 0 Å². The van der Waals surface area contributed by atoms with E-state index in [9.17, 15) is 19.7 Å². The summed E-state index contributed by atoms with van der Waals surface area (Å²) in [5, 5.41) is 16.8. The summed E-state index contributed by atoms with van der Waals surface area (Å²) in [6, 6.07) is 22.1. The molecule has 0 aliphatic rings. The number of carbonyl (C=O) groups excluding carboxylic acids is 2. The molecule has 0 fully saturated rings. The number of nitrogens with zero attached hydrogens (tertiary/aromatic N) is 1. The van der Waals surface area contributed by atoms with Crippen LogP contribution in [-0.4, -0.2) is 16.7 Å². The Morgan fingerprint density at radius 3 is 2.30 bits per heavy atom. The topological polar surface area (TPSA) is 101 Å². The third-order valence-corrected chi connectivity index (χ3v) is 4.63. The lowest BCUT2D eigenvalue weighted by Crippen LogP contribution is -2.28. The van der Waals surface area contributed by atoms with Crippen molar-refractivity contribution < 1.29 is 14.5 Å². The number of benzene rings is 3. The normalized spacial score (nSPS) is 11.4. The number of anilines is 1. The van der Waals surface area contributed by atoms with E-state index < -0.39 is 10.8 Å². The number of amides is 2. The average Bonchev–Trinajstić information content (AvgIpc) is 2.74. The first-order valence-electron chi connectivity index (χ1n) is 9.42. The molecule has 0 saturated carbocycles.